The van der Waals surface area contributed by atoms with E-state index in [2.05, 4.69) is 4.98 Å². The maximum atomic E-state index is 12.3. The topological polar surface area (TPSA) is 80.9 Å². The van der Waals surface area contributed by atoms with E-state index in [9.17, 15) is 9.59 Å². The minimum absolute atomic E-state index is 0.199. The van der Waals surface area contributed by atoms with Gasteiger partial charge in [-0.1, -0.05) is 26.1 Å². The average Bonchev–Trinajstić information content (AvgIpc) is 2.77. The van der Waals surface area contributed by atoms with E-state index in [1.807, 2.05) is 13.0 Å². The van der Waals surface area contributed by atoms with Crippen molar-refractivity contribution in [2.24, 2.45) is 11.7 Å². The van der Waals surface area contributed by atoms with Crippen molar-refractivity contribution in [1.82, 2.24) is 9.55 Å². The van der Waals surface area contributed by atoms with Gasteiger partial charge in [0.1, 0.15) is 4.83 Å². The number of nitrogens with one attached hydrogen (secondary N) is 1. The third-order valence-electron chi connectivity index (χ3n) is 3.01. The Morgan fingerprint density at radius 3 is 2.84 bits per heavy atom. The molecular weight excluding hydrogens is 282 g/mol. The summed E-state index contributed by atoms with van der Waals surface area (Å²) in [6.45, 7) is 4.01. The van der Waals surface area contributed by atoms with Crippen molar-refractivity contribution >= 4 is 38.8 Å². The molecule has 0 aromatic carbocycles. The summed E-state index contributed by atoms with van der Waals surface area (Å²) in [5.41, 5.74) is 4.84. The highest BCUT2D eigenvalue weighted by atomic mass is 32.1. The summed E-state index contributed by atoms with van der Waals surface area (Å²) in [7, 11) is 0. The quantitative estimate of drug-likeness (QED) is 0.832. The fourth-order valence-corrected chi connectivity index (χ4v) is 2.85. The maximum absolute atomic E-state index is 12.3. The van der Waals surface area contributed by atoms with E-state index in [4.69, 9.17) is 18.0 Å². The Balaban J connectivity index is 2.59. The lowest BCUT2D eigenvalue weighted by atomic mass is 10.2. The van der Waals surface area contributed by atoms with Gasteiger partial charge in [0.15, 0.2) is 0 Å². The van der Waals surface area contributed by atoms with Crippen LogP contribution in [0.4, 0.5) is 0 Å². The number of aromatic nitrogens is 2. The molecule has 0 saturated carbocycles. The first-order valence-corrected chi connectivity index (χ1v) is 7.21. The number of nitrogens with two attached hydrogens (primary N) is 1. The molecule has 0 amide bonds. The van der Waals surface area contributed by atoms with Gasteiger partial charge in [0.05, 0.1) is 10.4 Å². The van der Waals surface area contributed by atoms with E-state index in [1.165, 1.54) is 15.9 Å². The van der Waals surface area contributed by atoms with Gasteiger partial charge in [0.2, 0.25) is 0 Å². The van der Waals surface area contributed by atoms with Crippen molar-refractivity contribution < 1.29 is 0 Å². The molecule has 2 aromatic heterocycles. The second kappa shape index (κ2) is 5.26. The van der Waals surface area contributed by atoms with Gasteiger partial charge in [0, 0.05) is 17.3 Å². The molecule has 3 N–H and O–H groups in total. The predicted molar refractivity (Wildman–Crippen MR) is 82.0 cm³/mol. The second-order valence-electron chi connectivity index (χ2n) is 4.46. The molecule has 2 aromatic rings. The molecule has 0 aliphatic heterocycles. The van der Waals surface area contributed by atoms with Crippen molar-refractivity contribution in [3.05, 3.63) is 31.8 Å². The number of aromatic amines is 1. The van der Waals surface area contributed by atoms with Crippen LogP contribution in [0.25, 0.3) is 10.2 Å². The minimum atomic E-state index is -0.412. The monoisotopic (exact) mass is 297 g/mol. The average molecular weight is 297 g/mol. The van der Waals surface area contributed by atoms with Crippen LogP contribution in [0.2, 0.25) is 0 Å². The number of hydrogen-bond acceptors (Lipinski definition) is 4. The van der Waals surface area contributed by atoms with Crippen molar-refractivity contribution in [3.8, 4) is 0 Å². The van der Waals surface area contributed by atoms with Gasteiger partial charge in [0.25, 0.3) is 5.56 Å². The molecule has 0 radical (unpaired) electrons. The molecule has 2 rings (SSSR count). The fraction of sp³-hybridized carbons (Fsp3) is 0.417. The molecule has 0 spiro atoms. The Labute approximate surface area is 119 Å². The summed E-state index contributed by atoms with van der Waals surface area (Å²) in [4.78, 5) is 29.0. The standard InChI is InChI=1S/C12H15N3O2S2/c1-3-7-4-8-10(19-7)14-12(17)15(11(8)16)5-6(2)9(13)18/h4,6H,3,5H2,1-2H3,(H2,13,18)(H,14,17). The highest BCUT2D eigenvalue weighted by Crippen LogP contribution is 2.20. The van der Waals surface area contributed by atoms with Crippen LogP contribution in [0.3, 0.4) is 0 Å². The highest BCUT2D eigenvalue weighted by Gasteiger charge is 2.14. The molecular formula is C12H15N3O2S2. The zero-order chi connectivity index (χ0) is 14.2. The molecule has 0 aliphatic rings. The van der Waals surface area contributed by atoms with Gasteiger partial charge < -0.3 is 5.73 Å². The fourth-order valence-electron chi connectivity index (χ4n) is 1.80. The van der Waals surface area contributed by atoms with Crippen LogP contribution < -0.4 is 17.0 Å². The Kier molecular flexibility index (Phi) is 3.86. The first kappa shape index (κ1) is 14.0. The molecule has 1 unspecified atom stereocenters. The van der Waals surface area contributed by atoms with E-state index in [1.54, 1.807) is 6.92 Å². The number of thiocarbonyl (C=S) groups is 1. The lowest BCUT2D eigenvalue weighted by Crippen LogP contribution is -2.38. The van der Waals surface area contributed by atoms with E-state index in [-0.39, 0.29) is 18.0 Å². The van der Waals surface area contributed by atoms with Gasteiger partial charge in [-0.25, -0.2) is 4.79 Å². The Morgan fingerprint density at radius 1 is 1.58 bits per heavy atom. The Hall–Kier alpha value is -1.47. The third-order valence-corrected chi connectivity index (χ3v) is 4.61. The lowest BCUT2D eigenvalue weighted by Gasteiger charge is -2.10. The SMILES string of the molecule is CCc1cc2c(=O)n(CC(C)C(N)=S)c(=O)[nH]c2s1. The number of nitrogens with zero attached hydrogens (tertiary/aromatic N) is 1. The van der Waals surface area contributed by atoms with Crippen molar-refractivity contribution in [1.29, 1.82) is 0 Å². The lowest BCUT2D eigenvalue weighted by molar-refractivity contribution is 0.560. The molecule has 0 aliphatic carbocycles. The first-order chi connectivity index (χ1) is 8.93. The molecule has 2 heterocycles. The molecule has 0 bridgehead atoms. The number of aryl methyl sites for hydroxylation is 1. The summed E-state index contributed by atoms with van der Waals surface area (Å²) in [5, 5.41) is 0.552. The van der Waals surface area contributed by atoms with Crippen LogP contribution in [0.5, 0.6) is 0 Å². The second-order valence-corrected chi connectivity index (χ2v) is 6.07. The van der Waals surface area contributed by atoms with Crippen molar-refractivity contribution in [2.75, 3.05) is 0 Å². The highest BCUT2D eigenvalue weighted by molar-refractivity contribution is 7.80. The van der Waals surface area contributed by atoms with E-state index >= 15 is 0 Å². The molecule has 0 fully saturated rings. The summed E-state index contributed by atoms with van der Waals surface area (Å²) < 4.78 is 1.16. The Morgan fingerprint density at radius 2 is 2.26 bits per heavy atom. The number of fused-ring (bicyclic) bond motifs is 1. The van der Waals surface area contributed by atoms with Crippen LogP contribution in [-0.2, 0) is 13.0 Å². The largest absolute Gasteiger partial charge is 0.393 e. The van der Waals surface area contributed by atoms with Crippen LogP contribution in [-0.4, -0.2) is 14.5 Å². The predicted octanol–water partition coefficient (Wildman–Crippen LogP) is 1.24. The molecule has 1 atom stereocenters. The van der Waals surface area contributed by atoms with E-state index in [0.29, 0.717) is 15.2 Å². The molecule has 0 saturated heterocycles. The van der Waals surface area contributed by atoms with E-state index in [0.717, 1.165) is 11.3 Å². The van der Waals surface area contributed by atoms with Gasteiger partial charge in [-0.15, -0.1) is 11.3 Å². The summed E-state index contributed by atoms with van der Waals surface area (Å²) in [5.74, 6) is -0.199. The van der Waals surface area contributed by atoms with E-state index < -0.39 is 5.69 Å². The first-order valence-electron chi connectivity index (χ1n) is 5.99. The smallest absolute Gasteiger partial charge is 0.329 e. The molecule has 5 nitrogen and oxygen atoms in total. The van der Waals surface area contributed by atoms with Gasteiger partial charge in [-0.05, 0) is 12.5 Å². The molecule has 102 valence electrons. The number of hydrogen-bond donors (Lipinski definition) is 2. The molecule has 19 heavy (non-hydrogen) atoms. The van der Waals surface area contributed by atoms with Gasteiger partial charge >= 0.3 is 5.69 Å². The summed E-state index contributed by atoms with van der Waals surface area (Å²) >= 11 is 6.32. The normalized spacial score (nSPS) is 12.7. The van der Waals surface area contributed by atoms with Crippen molar-refractivity contribution in [2.45, 2.75) is 26.8 Å². The number of rotatable bonds is 4. The van der Waals surface area contributed by atoms with Crippen LogP contribution >= 0.6 is 23.6 Å². The van der Waals surface area contributed by atoms with Crippen molar-refractivity contribution in [3.63, 3.8) is 0 Å². The van der Waals surface area contributed by atoms with Crippen LogP contribution in [0, 0.1) is 5.92 Å². The summed E-state index contributed by atoms with van der Waals surface area (Å²) in [6, 6.07) is 1.83. The number of thiophene rings is 1. The minimum Gasteiger partial charge on any atom is -0.393 e. The zero-order valence-corrected chi connectivity index (χ0v) is 12.4. The van der Waals surface area contributed by atoms with Crippen LogP contribution in [0.15, 0.2) is 15.7 Å². The third kappa shape index (κ3) is 2.62. The van der Waals surface area contributed by atoms with Crippen LogP contribution in [0.1, 0.15) is 18.7 Å². The number of H-pyrrole nitrogens is 1. The Bertz CT molecular complexity index is 741. The van der Waals surface area contributed by atoms with Gasteiger partial charge in [-0.2, -0.15) is 0 Å². The van der Waals surface area contributed by atoms with Gasteiger partial charge in [-0.3, -0.25) is 14.3 Å². The molecule has 7 heteroatoms. The zero-order valence-electron chi connectivity index (χ0n) is 10.7. The summed E-state index contributed by atoms with van der Waals surface area (Å²) in [6.07, 6.45) is 0.837. The maximum Gasteiger partial charge on any atom is 0.329 e.